The second kappa shape index (κ2) is 21.6. The van der Waals surface area contributed by atoms with Crippen molar-refractivity contribution in [3.8, 4) is 34.1 Å². The molecule has 0 spiro atoms. The Balaban J connectivity index is 0.000000161. The first-order valence-electron chi connectivity index (χ1n) is 21.6. The van der Waals surface area contributed by atoms with Crippen LogP contribution in [-0.4, -0.2) is 11.6 Å². The van der Waals surface area contributed by atoms with E-state index in [-0.39, 0.29) is 55.6 Å². The zero-order chi connectivity index (χ0) is 42.4. The van der Waals surface area contributed by atoms with Crippen LogP contribution in [0, 0.1) is 24.7 Å². The second-order valence-corrected chi connectivity index (χ2v) is 23.1. The van der Waals surface area contributed by atoms with Gasteiger partial charge in [-0.1, -0.05) is 172 Å². The average molecular weight is 1130 g/mol. The SMILES string of the molecule is C1=CCC([PH+](C[PH+](c2ccccc2)c2ccccc2)C2=CCCC=C2)C=C1.[Ag+].[Au+].[C-]#Cc1cccc2c1-c1ccccc1C2(C)C.[C-]#Cc1cccc2c1-c1ccccc1C2(C)C. The van der Waals surface area contributed by atoms with Crippen molar-refractivity contribution in [3.05, 3.63) is 240 Å². The summed E-state index contributed by atoms with van der Waals surface area (Å²) >= 11 is 0. The molecule has 0 saturated carbocycles. The number of benzene rings is 6. The molecule has 6 aromatic carbocycles. The van der Waals surface area contributed by atoms with Gasteiger partial charge in [-0.25, -0.2) is 0 Å². The number of hydrogen-bond acceptors (Lipinski definition) is 0. The third-order valence-corrected chi connectivity index (χ3v) is 20.3. The Morgan fingerprint density at radius 2 is 1.03 bits per heavy atom. The molecule has 0 radical (unpaired) electrons. The van der Waals surface area contributed by atoms with Gasteiger partial charge in [0.25, 0.3) is 0 Å². The molecule has 0 aromatic heterocycles. The van der Waals surface area contributed by atoms with Crippen LogP contribution in [0.2, 0.25) is 0 Å². The van der Waals surface area contributed by atoms with Crippen molar-refractivity contribution in [3.63, 3.8) is 0 Å². The number of rotatable bonds is 6. The molecule has 4 aliphatic carbocycles. The third kappa shape index (κ3) is 10.0. The summed E-state index contributed by atoms with van der Waals surface area (Å²) in [6.45, 7) is 8.97. The average Bonchev–Trinajstić information content (AvgIpc) is 3.71. The van der Waals surface area contributed by atoms with Gasteiger partial charge < -0.3 is 12.8 Å². The maximum Gasteiger partial charge on any atom is 1.00 e. The molecule has 63 heavy (non-hydrogen) atoms. The van der Waals surface area contributed by atoms with Gasteiger partial charge in [-0.15, -0.1) is 23.3 Å². The maximum absolute atomic E-state index is 7.43. The zero-order valence-corrected chi connectivity index (χ0v) is 42.1. The van der Waals surface area contributed by atoms with E-state index in [1.54, 1.807) is 15.9 Å². The normalized spacial score (nSPS) is 16.6. The summed E-state index contributed by atoms with van der Waals surface area (Å²) in [5, 5.41) is 4.75. The zero-order valence-electron chi connectivity index (χ0n) is 36.4. The molecule has 2 unspecified atom stereocenters. The molecule has 0 aliphatic heterocycles. The summed E-state index contributed by atoms with van der Waals surface area (Å²) in [5.41, 5.74) is 12.7. The van der Waals surface area contributed by atoms with Gasteiger partial charge in [0.1, 0.15) is 18.5 Å². The summed E-state index contributed by atoms with van der Waals surface area (Å²) in [6.07, 6.45) is 35.2. The van der Waals surface area contributed by atoms with Crippen LogP contribution in [0.5, 0.6) is 0 Å². The van der Waals surface area contributed by atoms with Gasteiger partial charge in [-0.2, -0.15) is 0 Å². The van der Waals surface area contributed by atoms with Crippen molar-refractivity contribution in [2.45, 2.75) is 63.4 Å². The van der Waals surface area contributed by atoms with Crippen LogP contribution >= 0.6 is 15.8 Å². The van der Waals surface area contributed by atoms with Crippen molar-refractivity contribution in [1.82, 2.24) is 0 Å². The van der Waals surface area contributed by atoms with Crippen LogP contribution < -0.4 is 10.6 Å². The molecule has 6 aromatic rings. The van der Waals surface area contributed by atoms with E-state index in [0.29, 0.717) is 5.66 Å². The van der Waals surface area contributed by atoms with Gasteiger partial charge in [-0.3, -0.25) is 11.8 Å². The number of allylic oxidation sites excluding steroid dienone is 8. The molecule has 10 rings (SSSR count). The van der Waals surface area contributed by atoms with E-state index in [4.69, 9.17) is 12.8 Å². The molecule has 0 N–H and O–H groups in total. The van der Waals surface area contributed by atoms with Crippen LogP contribution in [0.15, 0.2) is 193 Å². The smallest absolute Gasteiger partial charge is 0.366 e. The molecule has 320 valence electrons. The molecule has 4 heteroatoms. The van der Waals surface area contributed by atoms with E-state index in [2.05, 4.69) is 203 Å². The molecule has 0 heterocycles. The van der Waals surface area contributed by atoms with Crippen molar-refractivity contribution < 1.29 is 44.8 Å². The van der Waals surface area contributed by atoms with Gasteiger partial charge in [0.05, 0.1) is 18.9 Å². The Labute approximate surface area is 411 Å². The fraction of sp³-hybridized carbons (Fsp3) is 0.186. The first kappa shape index (κ1) is 48.2. The molecule has 2 atom stereocenters. The van der Waals surface area contributed by atoms with Crippen molar-refractivity contribution in [2.24, 2.45) is 0 Å². The first-order valence-corrected chi connectivity index (χ1v) is 25.1. The Bertz CT molecular complexity index is 2590. The van der Waals surface area contributed by atoms with Crippen molar-refractivity contribution in [1.29, 1.82) is 0 Å². The summed E-state index contributed by atoms with van der Waals surface area (Å²) in [6, 6.07) is 51.7. The van der Waals surface area contributed by atoms with E-state index >= 15 is 0 Å². The minimum absolute atomic E-state index is 0. The quantitative estimate of drug-likeness (QED) is 0.0675. The van der Waals surface area contributed by atoms with Crippen LogP contribution in [-0.2, 0) is 55.6 Å². The molecule has 0 fully saturated rings. The minimum atomic E-state index is -0.782. The van der Waals surface area contributed by atoms with Gasteiger partial charge in [0.2, 0.25) is 0 Å². The monoisotopic (exact) mass is 1130 g/mol. The van der Waals surface area contributed by atoms with Crippen LogP contribution in [0.4, 0.5) is 0 Å². The largest absolute Gasteiger partial charge is 1.00 e. The minimum Gasteiger partial charge on any atom is -0.366 e. The summed E-state index contributed by atoms with van der Waals surface area (Å²) in [4.78, 5) is 0. The van der Waals surface area contributed by atoms with Gasteiger partial charge in [-0.05, 0) is 88.7 Å². The van der Waals surface area contributed by atoms with Gasteiger partial charge in [0.15, 0.2) is 5.90 Å². The Morgan fingerprint density at radius 3 is 1.48 bits per heavy atom. The van der Waals surface area contributed by atoms with Crippen LogP contribution in [0.3, 0.4) is 0 Å². The standard InChI is InChI=1S/C25H26P2.2C17H13.Ag.Au/c1-5-13-22(14-6-1)26(23-15-7-2-8-16-23)21-27(24-17-9-3-10-18-24)25-19-11-4-12-20-25;2*1-4-12-8-7-11-15-16(12)13-9-5-6-10-14(13)17(15,2)3;;/h1-3,5-11,13-17,19-20,24H,4,12,18,21H2;2*5-11H,2-3H3;;/q;2*-1;2*+1/p+2. The van der Waals surface area contributed by atoms with Crippen molar-refractivity contribution in [2.75, 3.05) is 5.90 Å². The van der Waals surface area contributed by atoms with E-state index in [1.165, 1.54) is 69.7 Å². The van der Waals surface area contributed by atoms with Gasteiger partial charge in [0, 0.05) is 17.3 Å². The second-order valence-electron chi connectivity index (χ2n) is 17.3. The summed E-state index contributed by atoms with van der Waals surface area (Å²) in [5.74, 6) is 6.46. The van der Waals surface area contributed by atoms with Gasteiger partial charge >= 0.3 is 44.8 Å². The van der Waals surface area contributed by atoms with E-state index in [1.807, 2.05) is 24.3 Å². The summed E-state index contributed by atoms with van der Waals surface area (Å²) < 4.78 is 0. The predicted octanol–water partition coefficient (Wildman–Crippen LogP) is 14.0. The van der Waals surface area contributed by atoms with Crippen LogP contribution in [0.1, 0.15) is 80.3 Å². The van der Waals surface area contributed by atoms with E-state index in [0.717, 1.165) is 11.1 Å². The van der Waals surface area contributed by atoms with E-state index in [9.17, 15) is 0 Å². The number of fused-ring (bicyclic) bond motifs is 6. The summed E-state index contributed by atoms with van der Waals surface area (Å²) in [7, 11) is -1.44. The molecule has 4 aliphatic rings. The van der Waals surface area contributed by atoms with Crippen molar-refractivity contribution >= 4 is 26.5 Å². The Kier molecular flexibility index (Phi) is 16.5. The number of hydrogen-bond donors (Lipinski definition) is 0. The molecular formula is C59H54AgAuP2+2. The molecular weight excluding hydrogens is 1080 g/mol. The fourth-order valence-electron chi connectivity index (χ4n) is 9.70. The topological polar surface area (TPSA) is 0 Å². The third-order valence-electron chi connectivity index (χ3n) is 12.9. The van der Waals surface area contributed by atoms with E-state index < -0.39 is 15.8 Å². The fourth-order valence-corrected chi connectivity index (χ4v) is 18.2. The molecule has 0 saturated heterocycles. The molecule has 0 nitrogen and oxygen atoms in total. The maximum atomic E-state index is 7.43. The molecule has 0 bridgehead atoms. The predicted molar refractivity (Wildman–Crippen MR) is 267 cm³/mol. The Hall–Kier alpha value is -4.26. The first-order chi connectivity index (χ1) is 29.7. The van der Waals surface area contributed by atoms with Crippen LogP contribution in [0.25, 0.3) is 22.3 Å². The Morgan fingerprint density at radius 1 is 0.556 bits per heavy atom. The molecule has 0 amide bonds.